The third-order valence-corrected chi connectivity index (χ3v) is 8.42. The second-order valence-electron chi connectivity index (χ2n) is 11.7. The number of para-hydroxylation sites is 1. The number of rotatable bonds is 13. The van der Waals surface area contributed by atoms with E-state index >= 15 is 0 Å². The lowest BCUT2D eigenvalue weighted by molar-refractivity contribution is -0.148. The van der Waals surface area contributed by atoms with Crippen molar-refractivity contribution in [3.05, 3.63) is 119 Å². The average Bonchev–Trinajstić information content (AvgIpc) is 3.45. The summed E-state index contributed by atoms with van der Waals surface area (Å²) in [4.78, 5) is 27.7. The highest BCUT2D eigenvalue weighted by Crippen LogP contribution is 2.38. The first-order chi connectivity index (χ1) is 24.2. The normalized spacial score (nSPS) is 12.4. The number of carbonyl (C=O) groups excluding carboxylic acids is 2. The van der Waals surface area contributed by atoms with Gasteiger partial charge in [-0.25, -0.2) is 17.6 Å². The largest absolute Gasteiger partial charge is 0.487 e. The Morgan fingerprint density at radius 2 is 1.20 bits per heavy atom. The van der Waals surface area contributed by atoms with Crippen molar-refractivity contribution >= 4 is 44.1 Å². The molecular formula is C38H27F8NO4. The van der Waals surface area contributed by atoms with Gasteiger partial charge < -0.3 is 14.0 Å². The van der Waals surface area contributed by atoms with E-state index < -0.39 is 49.5 Å². The van der Waals surface area contributed by atoms with E-state index in [9.17, 15) is 44.7 Å². The van der Waals surface area contributed by atoms with Crippen LogP contribution in [0, 0.1) is 0 Å². The summed E-state index contributed by atoms with van der Waals surface area (Å²) in [7, 11) is 0. The second-order valence-corrected chi connectivity index (χ2v) is 11.7. The number of ether oxygens (including phenoxy) is 2. The molecule has 1 heterocycles. The first-order valence-corrected chi connectivity index (χ1v) is 15.6. The molecule has 0 saturated heterocycles. The summed E-state index contributed by atoms with van der Waals surface area (Å²) in [5.41, 5.74) is 1.96. The van der Waals surface area contributed by atoms with Crippen LogP contribution in [0.2, 0.25) is 0 Å². The molecule has 0 radical (unpaired) electrons. The lowest BCUT2D eigenvalue weighted by atomic mass is 9.94. The van der Waals surface area contributed by atoms with E-state index in [1.54, 1.807) is 42.5 Å². The Hall–Kier alpha value is -5.46. The van der Waals surface area contributed by atoms with Crippen molar-refractivity contribution < 1.29 is 54.2 Å². The highest BCUT2D eigenvalue weighted by Gasteiger charge is 2.42. The summed E-state index contributed by atoms with van der Waals surface area (Å²) < 4.78 is 116. The van der Waals surface area contributed by atoms with Crippen LogP contribution in [0.4, 0.5) is 35.1 Å². The van der Waals surface area contributed by atoms with Crippen molar-refractivity contribution in [2.24, 2.45) is 0 Å². The molecule has 0 bridgehead atoms. The van der Waals surface area contributed by atoms with Crippen LogP contribution < -0.4 is 9.47 Å². The highest BCUT2D eigenvalue weighted by atomic mass is 19.3. The quantitative estimate of drug-likeness (QED) is 0.0884. The Balaban J connectivity index is 1.42. The minimum absolute atomic E-state index is 0.118. The summed E-state index contributed by atoms with van der Waals surface area (Å²) in [6.45, 7) is -0.744. The number of benzene rings is 5. The monoisotopic (exact) mass is 713 g/mol. The Labute approximate surface area is 285 Å². The van der Waals surface area contributed by atoms with Crippen molar-refractivity contribution in [2.75, 3.05) is 13.2 Å². The molecule has 51 heavy (non-hydrogen) atoms. The molecule has 0 N–H and O–H groups in total. The molecule has 1 aromatic heterocycles. The van der Waals surface area contributed by atoms with E-state index in [0.717, 1.165) is 16.4 Å². The minimum atomic E-state index is -4.43. The molecule has 0 amide bonds. The number of ketones is 2. The van der Waals surface area contributed by atoms with Gasteiger partial charge in [0.25, 0.3) is 0 Å². The van der Waals surface area contributed by atoms with Gasteiger partial charge >= 0.3 is 24.7 Å². The third kappa shape index (κ3) is 6.72. The summed E-state index contributed by atoms with van der Waals surface area (Å²) in [6.07, 6.45) is -7.86. The number of aromatic nitrogens is 1. The zero-order valence-electron chi connectivity index (χ0n) is 26.6. The van der Waals surface area contributed by atoms with Gasteiger partial charge in [0, 0.05) is 44.9 Å². The van der Waals surface area contributed by atoms with Crippen LogP contribution in [0.25, 0.3) is 32.6 Å². The fraction of sp³-hybridized carbons (Fsp3) is 0.211. The molecule has 0 saturated carbocycles. The van der Waals surface area contributed by atoms with Crippen molar-refractivity contribution in [3.8, 4) is 11.5 Å². The van der Waals surface area contributed by atoms with E-state index in [1.165, 1.54) is 48.5 Å². The molecule has 0 atom stereocenters. The Bertz CT molecular complexity index is 2260. The number of hydrogen-bond acceptors (Lipinski definition) is 4. The van der Waals surface area contributed by atoms with Gasteiger partial charge in [-0.3, -0.25) is 9.59 Å². The molecule has 0 spiro atoms. The van der Waals surface area contributed by atoms with Crippen LogP contribution in [-0.2, 0) is 6.54 Å². The number of halogens is 8. The molecule has 0 aliphatic heterocycles. The van der Waals surface area contributed by atoms with E-state index in [1.807, 2.05) is 17.6 Å². The molecule has 0 fully saturated rings. The number of carbonyl (C=O) groups is 2. The molecule has 0 aliphatic rings. The van der Waals surface area contributed by atoms with Crippen molar-refractivity contribution in [1.82, 2.24) is 4.57 Å². The Morgan fingerprint density at radius 3 is 1.84 bits per heavy atom. The van der Waals surface area contributed by atoms with E-state index in [0.29, 0.717) is 22.7 Å². The number of fused-ring (bicyclic) bond motifs is 5. The third-order valence-electron chi connectivity index (χ3n) is 8.42. The van der Waals surface area contributed by atoms with Crippen LogP contribution in [0.5, 0.6) is 11.5 Å². The first-order valence-electron chi connectivity index (χ1n) is 15.6. The molecule has 6 aromatic rings. The molecule has 5 nitrogen and oxygen atoms in total. The zero-order valence-corrected chi connectivity index (χ0v) is 26.6. The molecular weight excluding hydrogens is 686 g/mol. The van der Waals surface area contributed by atoms with Crippen LogP contribution in [0.3, 0.4) is 0 Å². The summed E-state index contributed by atoms with van der Waals surface area (Å²) in [5, 5.41) is 2.52. The summed E-state index contributed by atoms with van der Waals surface area (Å²) >= 11 is 0. The minimum Gasteiger partial charge on any atom is -0.487 e. The number of nitrogens with zero attached hydrogens (tertiary/aromatic N) is 1. The molecule has 6 rings (SSSR count). The average molecular weight is 714 g/mol. The smallest absolute Gasteiger partial charge is 0.340 e. The molecule has 0 unspecified atom stereocenters. The van der Waals surface area contributed by atoms with Crippen LogP contribution in [-0.4, -0.2) is 54.0 Å². The molecule has 0 aliphatic carbocycles. The van der Waals surface area contributed by atoms with E-state index in [2.05, 4.69) is 0 Å². The number of hydrogen-bond donors (Lipinski definition) is 0. The van der Waals surface area contributed by atoms with E-state index in [-0.39, 0.29) is 33.8 Å². The molecule has 5 aromatic carbocycles. The summed E-state index contributed by atoms with van der Waals surface area (Å²) in [6, 6.07) is 24.3. The fourth-order valence-electron chi connectivity index (χ4n) is 5.89. The maximum absolute atomic E-state index is 14.0. The number of aryl methyl sites for hydroxylation is 1. The van der Waals surface area contributed by atoms with Crippen LogP contribution >= 0.6 is 0 Å². The van der Waals surface area contributed by atoms with Gasteiger partial charge in [-0.05, 0) is 73.0 Å². The second kappa shape index (κ2) is 13.7. The van der Waals surface area contributed by atoms with Gasteiger partial charge in [0.05, 0.1) is 11.1 Å². The maximum Gasteiger partial charge on any atom is 0.340 e. The highest BCUT2D eigenvalue weighted by molar-refractivity contribution is 6.26. The van der Waals surface area contributed by atoms with Crippen molar-refractivity contribution in [2.45, 2.75) is 38.2 Å². The van der Waals surface area contributed by atoms with Gasteiger partial charge in [0.2, 0.25) is 0 Å². The molecule has 13 heteroatoms. The predicted molar refractivity (Wildman–Crippen MR) is 175 cm³/mol. The lowest BCUT2D eigenvalue weighted by Gasteiger charge is -2.17. The van der Waals surface area contributed by atoms with Crippen molar-refractivity contribution in [3.63, 3.8) is 0 Å². The van der Waals surface area contributed by atoms with Gasteiger partial charge in [-0.1, -0.05) is 36.4 Å². The lowest BCUT2D eigenvalue weighted by Crippen LogP contribution is -2.34. The summed E-state index contributed by atoms with van der Waals surface area (Å²) in [5.74, 6) is -10.3. The van der Waals surface area contributed by atoms with Gasteiger partial charge in [-0.2, -0.15) is 17.6 Å². The van der Waals surface area contributed by atoms with Crippen LogP contribution in [0.15, 0.2) is 97.1 Å². The van der Waals surface area contributed by atoms with Gasteiger partial charge in [-0.15, -0.1) is 0 Å². The van der Waals surface area contributed by atoms with Crippen LogP contribution in [0.1, 0.15) is 38.8 Å². The van der Waals surface area contributed by atoms with Gasteiger partial charge in [0.15, 0.2) is 24.8 Å². The zero-order chi connectivity index (χ0) is 36.7. The van der Waals surface area contributed by atoms with Crippen molar-refractivity contribution in [1.29, 1.82) is 0 Å². The Kier molecular flexibility index (Phi) is 9.49. The van der Waals surface area contributed by atoms with E-state index in [4.69, 9.17) is 9.47 Å². The topological polar surface area (TPSA) is 57.5 Å². The number of alkyl halides is 8. The Morgan fingerprint density at radius 1 is 0.627 bits per heavy atom. The molecule has 264 valence electrons. The predicted octanol–water partition coefficient (Wildman–Crippen LogP) is 9.99. The fourth-order valence-corrected chi connectivity index (χ4v) is 5.89. The standard InChI is InChI=1S/C38H27F8NO4/c1-2-47-30-16-13-22(34(49)26-9-5-6-10-31(26)51-20-38(45,46)36(41)42)17-27(30)28-18-29(24-7-3-4-8-25(24)32(28)47)33(48)21-11-14-23(15-12-21)50-19-37(43,44)35(39)40/h3-18,35-36H,2,19-20H2,1H3. The SMILES string of the molecule is CCn1c2ccc(C(=O)c3ccccc3OCC(F)(F)C(F)F)cc2c2cc(C(=O)c3ccc(OCC(F)(F)C(F)F)cc3)c3ccccc3c21. The first kappa shape index (κ1) is 35.4. The van der Waals surface area contributed by atoms with Gasteiger partial charge in [0.1, 0.15) is 11.5 Å². The maximum atomic E-state index is 14.0.